The largest absolute Gasteiger partial charge is 0.316 e. The van der Waals surface area contributed by atoms with Gasteiger partial charge >= 0.3 is 0 Å². The predicted octanol–water partition coefficient (Wildman–Crippen LogP) is 3.52. The fraction of sp³-hybridized carbons (Fsp3) is 1.00. The SMILES string of the molecule is CCC1(C)CCN(CC2CCC(C)(C)C2NC)CC1. The second-order valence-corrected chi connectivity index (χ2v) is 8.02. The number of rotatable bonds is 4. The molecule has 112 valence electrons. The molecule has 2 rings (SSSR count). The molecule has 19 heavy (non-hydrogen) atoms. The topological polar surface area (TPSA) is 15.3 Å². The first-order valence-electron chi connectivity index (χ1n) is 8.30. The van der Waals surface area contributed by atoms with Crippen molar-refractivity contribution in [1.29, 1.82) is 0 Å². The van der Waals surface area contributed by atoms with Crippen LogP contribution in [0.5, 0.6) is 0 Å². The van der Waals surface area contributed by atoms with Gasteiger partial charge in [-0.1, -0.05) is 34.1 Å². The second-order valence-electron chi connectivity index (χ2n) is 8.02. The maximum absolute atomic E-state index is 3.59. The minimum Gasteiger partial charge on any atom is -0.316 e. The molecular weight excluding hydrogens is 232 g/mol. The van der Waals surface area contributed by atoms with Gasteiger partial charge in [0.05, 0.1) is 0 Å². The van der Waals surface area contributed by atoms with Crippen LogP contribution in [0.1, 0.15) is 59.8 Å². The van der Waals surface area contributed by atoms with Crippen LogP contribution in [0.25, 0.3) is 0 Å². The van der Waals surface area contributed by atoms with Gasteiger partial charge in [0.15, 0.2) is 0 Å². The number of hydrogen-bond donors (Lipinski definition) is 1. The molecule has 1 heterocycles. The van der Waals surface area contributed by atoms with Crippen molar-refractivity contribution in [3.63, 3.8) is 0 Å². The Morgan fingerprint density at radius 1 is 1.11 bits per heavy atom. The molecule has 0 spiro atoms. The fourth-order valence-electron chi connectivity index (χ4n) is 4.30. The standard InChI is InChI=1S/C17H34N2/c1-6-17(4)9-11-19(12-10-17)13-14-7-8-16(2,3)15(14)18-5/h14-15,18H,6-13H2,1-5H3. The summed E-state index contributed by atoms with van der Waals surface area (Å²) in [5.41, 5.74) is 1.10. The van der Waals surface area contributed by atoms with E-state index < -0.39 is 0 Å². The average Bonchev–Trinajstić information content (AvgIpc) is 2.67. The summed E-state index contributed by atoms with van der Waals surface area (Å²) < 4.78 is 0. The fourth-order valence-corrected chi connectivity index (χ4v) is 4.30. The van der Waals surface area contributed by atoms with Gasteiger partial charge in [-0.05, 0) is 62.6 Å². The van der Waals surface area contributed by atoms with Gasteiger partial charge in [-0.25, -0.2) is 0 Å². The summed E-state index contributed by atoms with van der Waals surface area (Å²) in [7, 11) is 2.15. The van der Waals surface area contributed by atoms with Crippen LogP contribution < -0.4 is 5.32 Å². The molecule has 0 aromatic rings. The van der Waals surface area contributed by atoms with Crippen LogP contribution in [-0.2, 0) is 0 Å². The zero-order chi connectivity index (χ0) is 14.1. The highest BCUT2D eigenvalue weighted by atomic mass is 15.1. The van der Waals surface area contributed by atoms with E-state index in [9.17, 15) is 0 Å². The Balaban J connectivity index is 1.86. The number of hydrogen-bond acceptors (Lipinski definition) is 2. The lowest BCUT2D eigenvalue weighted by atomic mass is 9.78. The van der Waals surface area contributed by atoms with Crippen molar-refractivity contribution < 1.29 is 0 Å². The predicted molar refractivity (Wildman–Crippen MR) is 83.4 cm³/mol. The highest BCUT2D eigenvalue weighted by Crippen LogP contribution is 2.42. The lowest BCUT2D eigenvalue weighted by Crippen LogP contribution is -2.46. The van der Waals surface area contributed by atoms with Crippen molar-refractivity contribution in [2.75, 3.05) is 26.7 Å². The van der Waals surface area contributed by atoms with Crippen LogP contribution in [-0.4, -0.2) is 37.6 Å². The highest BCUT2D eigenvalue weighted by molar-refractivity contribution is 4.97. The van der Waals surface area contributed by atoms with E-state index in [0.29, 0.717) is 16.9 Å². The van der Waals surface area contributed by atoms with Gasteiger partial charge in [0.1, 0.15) is 0 Å². The number of piperidine rings is 1. The zero-order valence-electron chi connectivity index (χ0n) is 13.8. The van der Waals surface area contributed by atoms with E-state index in [2.05, 4.69) is 45.0 Å². The summed E-state index contributed by atoms with van der Waals surface area (Å²) in [6.07, 6.45) is 6.91. The van der Waals surface area contributed by atoms with Crippen molar-refractivity contribution in [3.8, 4) is 0 Å². The Labute approximate surface area is 120 Å². The van der Waals surface area contributed by atoms with Crippen molar-refractivity contribution in [3.05, 3.63) is 0 Å². The average molecular weight is 266 g/mol. The summed E-state index contributed by atoms with van der Waals surface area (Å²) in [5, 5.41) is 3.59. The monoisotopic (exact) mass is 266 g/mol. The summed E-state index contributed by atoms with van der Waals surface area (Å²) in [6, 6.07) is 0.701. The Hall–Kier alpha value is -0.0800. The third-order valence-electron chi connectivity index (χ3n) is 6.19. The maximum atomic E-state index is 3.59. The lowest BCUT2D eigenvalue weighted by molar-refractivity contribution is 0.0938. The van der Waals surface area contributed by atoms with Gasteiger partial charge < -0.3 is 10.2 Å². The van der Waals surface area contributed by atoms with E-state index in [1.165, 1.54) is 51.7 Å². The molecule has 0 radical (unpaired) electrons. The van der Waals surface area contributed by atoms with E-state index in [0.717, 1.165) is 5.92 Å². The van der Waals surface area contributed by atoms with Crippen LogP contribution in [0.3, 0.4) is 0 Å². The van der Waals surface area contributed by atoms with Crippen molar-refractivity contribution in [2.24, 2.45) is 16.7 Å². The molecule has 0 aromatic heterocycles. The first-order valence-corrected chi connectivity index (χ1v) is 8.30. The van der Waals surface area contributed by atoms with Crippen LogP contribution in [0, 0.1) is 16.7 Å². The Bertz CT molecular complexity index is 290. The summed E-state index contributed by atoms with van der Waals surface area (Å²) >= 11 is 0. The molecule has 2 nitrogen and oxygen atoms in total. The molecule has 1 saturated heterocycles. The minimum atomic E-state index is 0.479. The Kier molecular flexibility index (Phi) is 4.62. The van der Waals surface area contributed by atoms with Gasteiger partial charge in [0.2, 0.25) is 0 Å². The molecule has 2 unspecified atom stereocenters. The molecule has 0 aromatic carbocycles. The number of nitrogens with one attached hydrogen (secondary N) is 1. The van der Waals surface area contributed by atoms with Gasteiger partial charge in [0, 0.05) is 12.6 Å². The molecule has 0 bridgehead atoms. The normalized spacial score (nSPS) is 34.6. The van der Waals surface area contributed by atoms with Crippen molar-refractivity contribution >= 4 is 0 Å². The molecular formula is C17H34N2. The maximum Gasteiger partial charge on any atom is 0.0156 e. The molecule has 2 atom stereocenters. The Morgan fingerprint density at radius 3 is 2.26 bits per heavy atom. The molecule has 1 aliphatic heterocycles. The minimum absolute atomic E-state index is 0.479. The van der Waals surface area contributed by atoms with E-state index in [1.807, 2.05) is 0 Å². The smallest absolute Gasteiger partial charge is 0.0156 e. The third kappa shape index (κ3) is 3.33. The van der Waals surface area contributed by atoms with Gasteiger partial charge in [-0.15, -0.1) is 0 Å². The molecule has 1 aliphatic carbocycles. The number of likely N-dealkylation sites (tertiary alicyclic amines) is 1. The van der Waals surface area contributed by atoms with Gasteiger partial charge in [0.25, 0.3) is 0 Å². The number of nitrogens with zero attached hydrogens (tertiary/aromatic N) is 1. The van der Waals surface area contributed by atoms with Crippen molar-refractivity contribution in [2.45, 2.75) is 65.8 Å². The molecule has 0 amide bonds. The third-order valence-corrected chi connectivity index (χ3v) is 6.19. The summed E-state index contributed by atoms with van der Waals surface area (Å²) in [4.78, 5) is 2.73. The van der Waals surface area contributed by atoms with Crippen LogP contribution in [0.15, 0.2) is 0 Å². The molecule has 2 fully saturated rings. The summed E-state index contributed by atoms with van der Waals surface area (Å²) in [6.45, 7) is 13.6. The van der Waals surface area contributed by atoms with E-state index in [4.69, 9.17) is 0 Å². The molecule has 2 aliphatic rings. The van der Waals surface area contributed by atoms with Gasteiger partial charge in [-0.2, -0.15) is 0 Å². The first kappa shape index (κ1) is 15.3. The van der Waals surface area contributed by atoms with E-state index in [1.54, 1.807) is 0 Å². The molecule has 1 saturated carbocycles. The van der Waals surface area contributed by atoms with E-state index in [-0.39, 0.29) is 0 Å². The first-order chi connectivity index (χ1) is 8.90. The van der Waals surface area contributed by atoms with E-state index >= 15 is 0 Å². The second kappa shape index (κ2) is 5.73. The van der Waals surface area contributed by atoms with Crippen LogP contribution in [0.2, 0.25) is 0 Å². The van der Waals surface area contributed by atoms with Gasteiger partial charge in [-0.3, -0.25) is 0 Å². The Morgan fingerprint density at radius 2 is 1.74 bits per heavy atom. The summed E-state index contributed by atoms with van der Waals surface area (Å²) in [5.74, 6) is 0.853. The molecule has 1 N–H and O–H groups in total. The van der Waals surface area contributed by atoms with Crippen molar-refractivity contribution in [1.82, 2.24) is 10.2 Å². The van der Waals surface area contributed by atoms with Crippen LogP contribution in [0.4, 0.5) is 0 Å². The highest BCUT2D eigenvalue weighted by Gasteiger charge is 2.41. The lowest BCUT2D eigenvalue weighted by Gasteiger charge is -2.41. The zero-order valence-corrected chi connectivity index (χ0v) is 13.8. The van der Waals surface area contributed by atoms with Crippen LogP contribution >= 0.6 is 0 Å². The quantitative estimate of drug-likeness (QED) is 0.837. The molecule has 2 heteroatoms.